The maximum Gasteiger partial charge on any atom is 0.160 e. The minimum absolute atomic E-state index is 0.694. The van der Waals surface area contributed by atoms with Crippen LogP contribution in [0.25, 0.3) is 67.0 Å². The van der Waals surface area contributed by atoms with Crippen molar-refractivity contribution in [3.63, 3.8) is 0 Å². The fourth-order valence-corrected chi connectivity index (χ4v) is 6.09. The second-order valence-corrected chi connectivity index (χ2v) is 11.2. The van der Waals surface area contributed by atoms with E-state index in [9.17, 15) is 0 Å². The van der Waals surface area contributed by atoms with Crippen LogP contribution >= 0.6 is 0 Å². The van der Waals surface area contributed by atoms with Crippen molar-refractivity contribution in [2.45, 2.75) is 0 Å². The average molecular weight is 534 g/mol. The molecular formula is C34H27B5N2O. The summed E-state index contributed by atoms with van der Waals surface area (Å²) in [5.74, 6) is 0.694. The van der Waals surface area contributed by atoms with Gasteiger partial charge >= 0.3 is 0 Å². The lowest BCUT2D eigenvalue weighted by Gasteiger charge is -2.20. The first kappa shape index (κ1) is 26.2. The van der Waals surface area contributed by atoms with Crippen LogP contribution < -0.4 is 27.3 Å². The third kappa shape index (κ3) is 4.39. The molecule has 0 bridgehead atoms. The first-order valence-electron chi connectivity index (χ1n) is 14.4. The fraction of sp³-hybridized carbons (Fsp3) is 0. The molecule has 42 heavy (non-hydrogen) atoms. The highest BCUT2D eigenvalue weighted by Gasteiger charge is 2.17. The van der Waals surface area contributed by atoms with Crippen LogP contribution in [0.3, 0.4) is 0 Å². The van der Waals surface area contributed by atoms with Crippen LogP contribution in [0.1, 0.15) is 0 Å². The van der Waals surface area contributed by atoms with Gasteiger partial charge in [0, 0.05) is 27.5 Å². The minimum Gasteiger partial charge on any atom is -0.456 e. The van der Waals surface area contributed by atoms with Crippen molar-refractivity contribution in [3.05, 3.63) is 103 Å². The Morgan fingerprint density at radius 1 is 0.429 bits per heavy atom. The van der Waals surface area contributed by atoms with Crippen LogP contribution in [0.15, 0.2) is 108 Å². The van der Waals surface area contributed by atoms with Gasteiger partial charge in [0.15, 0.2) is 5.82 Å². The molecule has 0 saturated carbocycles. The van der Waals surface area contributed by atoms with Gasteiger partial charge in [-0.05, 0) is 47.5 Å². The molecule has 0 spiro atoms. The predicted octanol–water partition coefficient (Wildman–Crippen LogP) is 0.336. The Labute approximate surface area is 250 Å². The summed E-state index contributed by atoms with van der Waals surface area (Å²) in [7, 11) is 11.1. The average Bonchev–Trinajstić information content (AvgIpc) is 3.41. The molecule has 0 amide bonds. The molecule has 2 heterocycles. The molecule has 0 fully saturated rings. The number of aromatic nitrogens is 2. The van der Waals surface area contributed by atoms with Gasteiger partial charge in [0.1, 0.15) is 50.4 Å². The summed E-state index contributed by atoms with van der Waals surface area (Å²) in [6.45, 7) is 0. The molecule has 0 radical (unpaired) electrons. The first-order chi connectivity index (χ1) is 20.4. The largest absolute Gasteiger partial charge is 0.456 e. The fourth-order valence-electron chi connectivity index (χ4n) is 6.09. The van der Waals surface area contributed by atoms with E-state index >= 15 is 0 Å². The molecule has 0 saturated heterocycles. The third-order valence-electron chi connectivity index (χ3n) is 8.88. The summed E-state index contributed by atoms with van der Waals surface area (Å²) in [5, 5.41) is 2.16. The molecule has 0 atom stereocenters. The van der Waals surface area contributed by atoms with Gasteiger partial charge in [0.25, 0.3) is 0 Å². The molecule has 7 rings (SSSR count). The highest BCUT2D eigenvalue weighted by Crippen LogP contribution is 2.35. The monoisotopic (exact) mass is 534 g/mol. The molecule has 0 aliphatic carbocycles. The summed E-state index contributed by atoms with van der Waals surface area (Å²) < 4.78 is 6.41. The van der Waals surface area contributed by atoms with E-state index in [1.165, 1.54) is 38.4 Å². The normalized spacial score (nSPS) is 11.3. The van der Waals surface area contributed by atoms with E-state index in [0.29, 0.717) is 5.82 Å². The quantitative estimate of drug-likeness (QED) is 0.307. The molecule has 0 N–H and O–H groups in total. The van der Waals surface area contributed by atoms with Gasteiger partial charge in [-0.15, -0.1) is 16.4 Å². The van der Waals surface area contributed by atoms with Crippen molar-refractivity contribution in [1.29, 1.82) is 0 Å². The van der Waals surface area contributed by atoms with Crippen molar-refractivity contribution in [3.8, 4) is 45.0 Å². The lowest BCUT2D eigenvalue weighted by Crippen LogP contribution is -2.55. The Morgan fingerprint density at radius 2 is 0.976 bits per heavy atom. The van der Waals surface area contributed by atoms with Crippen LogP contribution in [0.2, 0.25) is 0 Å². The van der Waals surface area contributed by atoms with Crippen molar-refractivity contribution in [2.75, 3.05) is 0 Å². The molecular weight excluding hydrogens is 506 g/mol. The van der Waals surface area contributed by atoms with Crippen LogP contribution in [-0.2, 0) is 0 Å². The summed E-state index contributed by atoms with van der Waals surface area (Å²) in [6, 6.07) is 35.5. The van der Waals surface area contributed by atoms with Crippen molar-refractivity contribution >= 4 is 88.5 Å². The molecule has 0 aliphatic rings. The van der Waals surface area contributed by atoms with E-state index in [1.54, 1.807) is 0 Å². The second-order valence-electron chi connectivity index (χ2n) is 11.2. The topological polar surface area (TPSA) is 38.9 Å². The third-order valence-corrected chi connectivity index (χ3v) is 8.88. The van der Waals surface area contributed by atoms with E-state index in [0.717, 1.165) is 50.0 Å². The zero-order chi connectivity index (χ0) is 29.0. The Balaban J connectivity index is 1.38. The van der Waals surface area contributed by atoms with Crippen molar-refractivity contribution in [2.24, 2.45) is 0 Å². The maximum absolute atomic E-state index is 6.41. The van der Waals surface area contributed by atoms with E-state index in [1.807, 2.05) is 42.5 Å². The summed E-state index contributed by atoms with van der Waals surface area (Å²) in [4.78, 5) is 10.1. The van der Waals surface area contributed by atoms with Gasteiger partial charge < -0.3 is 4.42 Å². The smallest absolute Gasteiger partial charge is 0.160 e. The molecule has 194 valence electrons. The lowest BCUT2D eigenvalue weighted by molar-refractivity contribution is 0.669. The Kier molecular flexibility index (Phi) is 6.43. The van der Waals surface area contributed by atoms with Crippen LogP contribution in [0.5, 0.6) is 0 Å². The van der Waals surface area contributed by atoms with Crippen LogP contribution in [0.4, 0.5) is 0 Å². The summed E-state index contributed by atoms with van der Waals surface area (Å²) in [5.41, 5.74) is 15.9. The first-order valence-corrected chi connectivity index (χ1v) is 14.4. The van der Waals surface area contributed by atoms with Crippen molar-refractivity contribution in [1.82, 2.24) is 9.97 Å². The molecule has 2 aromatic heterocycles. The number of hydrogen-bond acceptors (Lipinski definition) is 3. The molecule has 5 aromatic carbocycles. The zero-order valence-electron chi connectivity index (χ0n) is 24.6. The zero-order valence-corrected chi connectivity index (χ0v) is 24.6. The van der Waals surface area contributed by atoms with Gasteiger partial charge in [-0.25, -0.2) is 9.97 Å². The van der Waals surface area contributed by atoms with E-state index in [-0.39, 0.29) is 0 Å². The Bertz CT molecular complexity index is 2060. The standard InChI is InChI=1S/C34H27B5N2O/c35-29-28(30(36)32(38)33(39)31(29)37)20-11-13-22-23-15-21(12-14-26(23)42-27(22)16-20)34-40-24(18-7-3-1-4-8-18)17-25(41-34)19-9-5-2-6-10-19/h1-17H,35-39H2. The lowest BCUT2D eigenvalue weighted by atomic mass is 9.59. The number of furan rings is 1. The minimum atomic E-state index is 0.694. The van der Waals surface area contributed by atoms with Gasteiger partial charge in [-0.3, -0.25) is 0 Å². The molecule has 0 aliphatic heterocycles. The summed E-state index contributed by atoms with van der Waals surface area (Å²) in [6.07, 6.45) is 0. The molecule has 0 unspecified atom stereocenters. The molecule has 3 nitrogen and oxygen atoms in total. The van der Waals surface area contributed by atoms with Gasteiger partial charge in [-0.1, -0.05) is 77.7 Å². The molecule has 8 heteroatoms. The highest BCUT2D eigenvalue weighted by atomic mass is 16.3. The maximum atomic E-state index is 6.41. The number of rotatable bonds is 4. The number of fused-ring (bicyclic) bond motifs is 3. The number of benzene rings is 5. The van der Waals surface area contributed by atoms with E-state index in [4.69, 9.17) is 14.4 Å². The number of nitrogens with zero attached hydrogens (tertiary/aromatic N) is 2. The van der Waals surface area contributed by atoms with E-state index in [2.05, 4.69) is 99.9 Å². The Morgan fingerprint density at radius 3 is 1.57 bits per heavy atom. The van der Waals surface area contributed by atoms with Crippen molar-refractivity contribution < 1.29 is 4.42 Å². The van der Waals surface area contributed by atoms with Gasteiger partial charge in [-0.2, -0.15) is 0 Å². The van der Waals surface area contributed by atoms with E-state index < -0.39 is 0 Å². The van der Waals surface area contributed by atoms with Crippen LogP contribution in [0, 0.1) is 0 Å². The molecule has 7 aromatic rings. The van der Waals surface area contributed by atoms with Gasteiger partial charge in [0.2, 0.25) is 0 Å². The summed E-state index contributed by atoms with van der Waals surface area (Å²) >= 11 is 0. The Hall–Kier alpha value is -4.70. The predicted molar refractivity (Wildman–Crippen MR) is 192 cm³/mol. The van der Waals surface area contributed by atoms with Crippen LogP contribution in [-0.4, -0.2) is 49.2 Å². The number of hydrogen-bond donors (Lipinski definition) is 0. The SMILES string of the molecule is Bc1c(B)c(B)c(-c2ccc3c(c2)oc2ccc(-c4nc(-c5ccccc5)cc(-c5ccccc5)n4)cc23)c(B)c1B. The van der Waals surface area contributed by atoms with Gasteiger partial charge in [0.05, 0.1) is 11.4 Å². The second kappa shape index (κ2) is 10.3. The highest BCUT2D eigenvalue weighted by molar-refractivity contribution is 6.68.